The summed E-state index contributed by atoms with van der Waals surface area (Å²) in [5, 5.41) is 3.04. The van der Waals surface area contributed by atoms with Gasteiger partial charge in [0.25, 0.3) is 5.91 Å². The summed E-state index contributed by atoms with van der Waals surface area (Å²) in [6.07, 6.45) is 1.07. The van der Waals surface area contributed by atoms with Crippen molar-refractivity contribution in [1.82, 2.24) is 10.2 Å². The van der Waals surface area contributed by atoms with Crippen LogP contribution < -0.4 is 5.32 Å². The molecular formula is C16H25BrN2O. The second-order valence-electron chi connectivity index (χ2n) is 5.97. The molecule has 0 heterocycles. The Morgan fingerprint density at radius 1 is 1.30 bits per heavy atom. The summed E-state index contributed by atoms with van der Waals surface area (Å²) in [6, 6.07) is 6.13. The second kappa shape index (κ2) is 7.79. The van der Waals surface area contributed by atoms with E-state index in [0.717, 1.165) is 16.5 Å². The van der Waals surface area contributed by atoms with E-state index in [1.54, 1.807) is 0 Å². The lowest BCUT2D eigenvalue weighted by Gasteiger charge is -2.26. The standard InChI is InChI=1S/C16H25BrN2O/c1-11(2)6-15(19(4)5)10-18-16(20)13-7-12(3)8-14(17)9-13/h7-9,11,15H,6,10H2,1-5H3,(H,18,20). The molecule has 0 saturated carbocycles. The Hall–Kier alpha value is -0.870. The molecule has 1 aromatic carbocycles. The maximum atomic E-state index is 12.2. The lowest BCUT2D eigenvalue weighted by atomic mass is 10.0. The number of amides is 1. The van der Waals surface area contributed by atoms with E-state index in [2.05, 4.69) is 54.1 Å². The minimum absolute atomic E-state index is 0.00925. The normalized spacial score (nSPS) is 12.8. The molecule has 0 saturated heterocycles. The fourth-order valence-corrected chi connectivity index (χ4v) is 2.81. The maximum absolute atomic E-state index is 12.2. The Morgan fingerprint density at radius 2 is 1.95 bits per heavy atom. The highest BCUT2D eigenvalue weighted by atomic mass is 79.9. The number of hydrogen-bond acceptors (Lipinski definition) is 2. The number of carbonyl (C=O) groups is 1. The van der Waals surface area contributed by atoms with E-state index in [0.29, 0.717) is 24.1 Å². The van der Waals surface area contributed by atoms with Crippen molar-refractivity contribution in [2.75, 3.05) is 20.6 Å². The number of nitrogens with zero attached hydrogens (tertiary/aromatic N) is 1. The summed E-state index contributed by atoms with van der Waals surface area (Å²) in [7, 11) is 4.12. The van der Waals surface area contributed by atoms with Gasteiger partial charge in [-0.3, -0.25) is 4.79 Å². The molecule has 1 N–H and O–H groups in total. The Labute approximate surface area is 130 Å². The first kappa shape index (κ1) is 17.2. The zero-order valence-electron chi connectivity index (χ0n) is 13.0. The van der Waals surface area contributed by atoms with E-state index >= 15 is 0 Å². The number of hydrogen-bond donors (Lipinski definition) is 1. The smallest absolute Gasteiger partial charge is 0.251 e. The van der Waals surface area contributed by atoms with Gasteiger partial charge in [0.15, 0.2) is 0 Å². The van der Waals surface area contributed by atoms with Crippen LogP contribution in [0.1, 0.15) is 36.2 Å². The molecule has 1 amide bonds. The van der Waals surface area contributed by atoms with Crippen LogP contribution in [0.4, 0.5) is 0 Å². The molecule has 1 unspecified atom stereocenters. The third-order valence-corrected chi connectivity index (χ3v) is 3.73. The maximum Gasteiger partial charge on any atom is 0.251 e. The number of aryl methyl sites for hydroxylation is 1. The predicted molar refractivity (Wildman–Crippen MR) is 88.1 cm³/mol. The molecule has 0 aromatic heterocycles. The van der Waals surface area contributed by atoms with Gasteiger partial charge < -0.3 is 10.2 Å². The Bertz CT molecular complexity index is 438. The molecule has 0 spiro atoms. The van der Waals surface area contributed by atoms with E-state index in [-0.39, 0.29) is 5.91 Å². The number of carbonyl (C=O) groups excluding carboxylic acids is 1. The molecule has 4 heteroatoms. The van der Waals surface area contributed by atoms with E-state index in [4.69, 9.17) is 0 Å². The lowest BCUT2D eigenvalue weighted by molar-refractivity contribution is 0.0938. The number of halogens is 1. The quantitative estimate of drug-likeness (QED) is 0.859. The van der Waals surface area contributed by atoms with Gasteiger partial charge in [-0.1, -0.05) is 29.8 Å². The molecule has 1 rings (SSSR count). The van der Waals surface area contributed by atoms with Crippen LogP contribution in [0.3, 0.4) is 0 Å². The Kier molecular flexibility index (Phi) is 6.69. The minimum Gasteiger partial charge on any atom is -0.350 e. The summed E-state index contributed by atoms with van der Waals surface area (Å²) >= 11 is 3.43. The van der Waals surface area contributed by atoms with Crippen molar-refractivity contribution < 1.29 is 4.79 Å². The van der Waals surface area contributed by atoms with Crippen molar-refractivity contribution in [3.8, 4) is 0 Å². The summed E-state index contributed by atoms with van der Waals surface area (Å²) in [4.78, 5) is 14.4. The van der Waals surface area contributed by atoms with E-state index in [1.165, 1.54) is 0 Å². The van der Waals surface area contributed by atoms with Gasteiger partial charge in [0, 0.05) is 22.6 Å². The van der Waals surface area contributed by atoms with Crippen molar-refractivity contribution in [2.24, 2.45) is 5.92 Å². The van der Waals surface area contributed by atoms with Crippen molar-refractivity contribution in [3.63, 3.8) is 0 Å². The fraction of sp³-hybridized carbons (Fsp3) is 0.562. The largest absolute Gasteiger partial charge is 0.350 e. The average molecular weight is 341 g/mol. The van der Waals surface area contributed by atoms with Crippen molar-refractivity contribution in [3.05, 3.63) is 33.8 Å². The van der Waals surface area contributed by atoms with Crippen LogP contribution in [0.5, 0.6) is 0 Å². The number of nitrogens with one attached hydrogen (secondary N) is 1. The summed E-state index contributed by atoms with van der Waals surface area (Å²) in [5.74, 6) is 0.609. The number of benzene rings is 1. The zero-order chi connectivity index (χ0) is 15.3. The molecule has 112 valence electrons. The highest BCUT2D eigenvalue weighted by Crippen LogP contribution is 2.15. The third kappa shape index (κ3) is 5.63. The highest BCUT2D eigenvalue weighted by molar-refractivity contribution is 9.10. The predicted octanol–water partition coefficient (Wildman–Crippen LogP) is 3.46. The van der Waals surface area contributed by atoms with E-state index < -0.39 is 0 Å². The zero-order valence-corrected chi connectivity index (χ0v) is 14.6. The van der Waals surface area contributed by atoms with E-state index in [1.807, 2.05) is 25.1 Å². The lowest BCUT2D eigenvalue weighted by Crippen LogP contribution is -2.41. The van der Waals surface area contributed by atoms with Gasteiger partial charge in [-0.15, -0.1) is 0 Å². The molecule has 20 heavy (non-hydrogen) atoms. The average Bonchev–Trinajstić information content (AvgIpc) is 2.32. The first-order chi connectivity index (χ1) is 9.29. The van der Waals surface area contributed by atoms with Crippen LogP contribution in [0, 0.1) is 12.8 Å². The molecule has 0 aliphatic rings. The highest BCUT2D eigenvalue weighted by Gasteiger charge is 2.15. The van der Waals surface area contributed by atoms with Gasteiger partial charge in [-0.25, -0.2) is 0 Å². The van der Waals surface area contributed by atoms with Crippen LogP contribution in [-0.4, -0.2) is 37.5 Å². The minimum atomic E-state index is -0.00925. The first-order valence-electron chi connectivity index (χ1n) is 7.01. The molecule has 0 radical (unpaired) electrons. The van der Waals surface area contributed by atoms with Crippen molar-refractivity contribution in [1.29, 1.82) is 0 Å². The van der Waals surface area contributed by atoms with Crippen LogP contribution in [-0.2, 0) is 0 Å². The topological polar surface area (TPSA) is 32.3 Å². The molecular weight excluding hydrogens is 316 g/mol. The second-order valence-corrected chi connectivity index (χ2v) is 6.89. The van der Waals surface area contributed by atoms with Gasteiger partial charge in [0.2, 0.25) is 0 Å². The molecule has 0 aliphatic heterocycles. The molecule has 0 fully saturated rings. The van der Waals surface area contributed by atoms with Crippen molar-refractivity contribution >= 4 is 21.8 Å². The summed E-state index contributed by atoms with van der Waals surface area (Å²) in [5.41, 5.74) is 1.79. The van der Waals surface area contributed by atoms with Gasteiger partial charge in [0.05, 0.1) is 0 Å². The summed E-state index contributed by atoms with van der Waals surface area (Å²) in [6.45, 7) is 7.07. The van der Waals surface area contributed by atoms with Crippen LogP contribution in [0.25, 0.3) is 0 Å². The monoisotopic (exact) mass is 340 g/mol. The number of rotatable bonds is 6. The fourth-order valence-electron chi connectivity index (χ4n) is 2.20. The van der Waals surface area contributed by atoms with Crippen LogP contribution in [0.15, 0.2) is 22.7 Å². The third-order valence-electron chi connectivity index (χ3n) is 3.28. The molecule has 1 atom stereocenters. The van der Waals surface area contributed by atoms with E-state index in [9.17, 15) is 4.79 Å². The summed E-state index contributed by atoms with van der Waals surface area (Å²) < 4.78 is 0.939. The number of likely N-dealkylation sites (N-methyl/N-ethyl adjacent to an activating group) is 1. The molecule has 0 aliphatic carbocycles. The Balaban J connectivity index is 2.65. The van der Waals surface area contributed by atoms with Gasteiger partial charge in [-0.05, 0) is 57.1 Å². The first-order valence-corrected chi connectivity index (χ1v) is 7.80. The molecule has 3 nitrogen and oxygen atoms in total. The van der Waals surface area contributed by atoms with Crippen molar-refractivity contribution in [2.45, 2.75) is 33.2 Å². The van der Waals surface area contributed by atoms with Crippen LogP contribution in [0.2, 0.25) is 0 Å². The van der Waals surface area contributed by atoms with Gasteiger partial charge >= 0.3 is 0 Å². The Morgan fingerprint density at radius 3 is 2.45 bits per heavy atom. The van der Waals surface area contributed by atoms with Gasteiger partial charge in [0.1, 0.15) is 0 Å². The van der Waals surface area contributed by atoms with Crippen LogP contribution >= 0.6 is 15.9 Å². The SMILES string of the molecule is Cc1cc(Br)cc(C(=O)NCC(CC(C)C)N(C)C)c1. The molecule has 1 aromatic rings. The van der Waals surface area contributed by atoms with Gasteiger partial charge in [-0.2, -0.15) is 0 Å². The molecule has 0 bridgehead atoms.